The van der Waals surface area contributed by atoms with Gasteiger partial charge in [0.25, 0.3) is 0 Å². The van der Waals surface area contributed by atoms with Gasteiger partial charge in [-0.3, -0.25) is 0 Å². The molecule has 0 bridgehead atoms. The van der Waals surface area contributed by atoms with Gasteiger partial charge in [0.05, 0.1) is 11.6 Å². The molecule has 0 unspecified atom stereocenters. The lowest BCUT2D eigenvalue weighted by atomic mass is 10.1. The van der Waals surface area contributed by atoms with E-state index in [0.717, 1.165) is 5.56 Å². The number of benzene rings is 2. The summed E-state index contributed by atoms with van der Waals surface area (Å²) in [7, 11) is 0. The van der Waals surface area contributed by atoms with E-state index in [1.807, 2.05) is 24.3 Å². The molecule has 0 aliphatic heterocycles. The number of halogens is 1. The molecule has 0 spiro atoms. The minimum atomic E-state index is -0.216. The van der Waals surface area contributed by atoms with Gasteiger partial charge in [0.1, 0.15) is 5.82 Å². The Kier molecular flexibility index (Phi) is 3.79. The van der Waals surface area contributed by atoms with Gasteiger partial charge >= 0.3 is 0 Å². The zero-order chi connectivity index (χ0) is 12.1. The summed E-state index contributed by atoms with van der Waals surface area (Å²) >= 11 is 1.40. The van der Waals surface area contributed by atoms with Crippen molar-refractivity contribution in [3.8, 4) is 6.07 Å². The van der Waals surface area contributed by atoms with E-state index in [0.29, 0.717) is 16.2 Å². The summed E-state index contributed by atoms with van der Waals surface area (Å²) in [6.07, 6.45) is 0. The number of rotatable bonds is 3. The van der Waals surface area contributed by atoms with E-state index in [9.17, 15) is 4.39 Å². The second-order valence-electron chi connectivity index (χ2n) is 3.49. The summed E-state index contributed by atoms with van der Waals surface area (Å²) in [5.41, 5.74) is 1.58. The first kappa shape index (κ1) is 11.7. The van der Waals surface area contributed by atoms with Crippen LogP contribution >= 0.6 is 11.8 Å². The molecule has 2 rings (SSSR count). The summed E-state index contributed by atoms with van der Waals surface area (Å²) in [6, 6.07) is 16.2. The van der Waals surface area contributed by atoms with Crippen LogP contribution in [0.4, 0.5) is 4.39 Å². The third-order valence-corrected chi connectivity index (χ3v) is 3.46. The van der Waals surface area contributed by atoms with Crippen LogP contribution in [0.5, 0.6) is 0 Å². The lowest BCUT2D eigenvalue weighted by Crippen LogP contribution is -1.87. The van der Waals surface area contributed by atoms with Gasteiger partial charge in [-0.1, -0.05) is 30.3 Å². The first-order valence-corrected chi connectivity index (χ1v) is 6.15. The topological polar surface area (TPSA) is 23.8 Å². The van der Waals surface area contributed by atoms with Crippen LogP contribution in [0.15, 0.2) is 53.4 Å². The number of nitrogens with zero attached hydrogens (tertiary/aromatic N) is 1. The van der Waals surface area contributed by atoms with Crippen molar-refractivity contribution in [2.45, 2.75) is 10.6 Å². The number of nitriles is 1. The van der Waals surface area contributed by atoms with Crippen LogP contribution in [0, 0.1) is 17.1 Å². The molecule has 84 valence electrons. The molecule has 2 aromatic carbocycles. The minimum Gasteiger partial charge on any atom is -0.206 e. The average molecular weight is 243 g/mol. The van der Waals surface area contributed by atoms with Crippen LogP contribution in [-0.4, -0.2) is 0 Å². The lowest BCUT2D eigenvalue weighted by Gasteiger charge is -2.04. The second-order valence-corrected chi connectivity index (χ2v) is 4.51. The molecular formula is C14H10FNS. The highest BCUT2D eigenvalue weighted by Crippen LogP contribution is 2.26. The maximum Gasteiger partial charge on any atom is 0.136 e. The quantitative estimate of drug-likeness (QED) is 0.761. The van der Waals surface area contributed by atoms with Gasteiger partial charge < -0.3 is 0 Å². The fourth-order valence-electron chi connectivity index (χ4n) is 1.47. The van der Waals surface area contributed by atoms with Crippen molar-refractivity contribution in [2.24, 2.45) is 0 Å². The summed E-state index contributed by atoms with van der Waals surface area (Å²) in [5.74, 6) is 0.386. The molecule has 0 aliphatic rings. The van der Waals surface area contributed by atoms with Gasteiger partial charge in [-0.05, 0) is 23.8 Å². The van der Waals surface area contributed by atoms with E-state index in [4.69, 9.17) is 5.26 Å². The monoisotopic (exact) mass is 243 g/mol. The maximum atomic E-state index is 13.4. The van der Waals surface area contributed by atoms with Gasteiger partial charge in [-0.15, -0.1) is 11.8 Å². The fraction of sp³-hybridized carbons (Fsp3) is 0.0714. The highest BCUT2D eigenvalue weighted by molar-refractivity contribution is 7.98. The summed E-state index contributed by atoms with van der Waals surface area (Å²) in [4.78, 5) is 0.611. The normalized spacial score (nSPS) is 9.88. The van der Waals surface area contributed by atoms with Gasteiger partial charge in [-0.25, -0.2) is 4.39 Å². The molecular weight excluding hydrogens is 233 g/mol. The van der Waals surface area contributed by atoms with Crippen LogP contribution in [0.3, 0.4) is 0 Å². The second kappa shape index (κ2) is 5.51. The molecule has 0 N–H and O–H groups in total. The van der Waals surface area contributed by atoms with Crippen LogP contribution in [0.25, 0.3) is 0 Å². The molecule has 0 aromatic heterocycles. The lowest BCUT2D eigenvalue weighted by molar-refractivity contribution is 0.602. The molecule has 2 aromatic rings. The first-order chi connectivity index (χ1) is 8.31. The Bertz CT molecular complexity index is 560. The van der Waals surface area contributed by atoms with Crippen molar-refractivity contribution in [2.75, 3.05) is 0 Å². The predicted octanol–water partition coefficient (Wildman–Crippen LogP) is 3.99. The first-order valence-electron chi connectivity index (χ1n) is 5.16. The summed E-state index contributed by atoms with van der Waals surface area (Å²) < 4.78 is 13.4. The van der Waals surface area contributed by atoms with Crippen molar-refractivity contribution in [1.82, 2.24) is 0 Å². The van der Waals surface area contributed by atoms with Gasteiger partial charge in [0.2, 0.25) is 0 Å². The Morgan fingerprint density at radius 2 is 1.76 bits per heavy atom. The van der Waals surface area contributed by atoms with E-state index in [2.05, 4.69) is 6.07 Å². The van der Waals surface area contributed by atoms with Crippen molar-refractivity contribution in [3.05, 3.63) is 65.5 Å². The summed E-state index contributed by atoms with van der Waals surface area (Å²) in [6.45, 7) is 0. The number of hydrogen-bond acceptors (Lipinski definition) is 2. The van der Waals surface area contributed by atoms with E-state index in [1.54, 1.807) is 18.2 Å². The van der Waals surface area contributed by atoms with Crippen molar-refractivity contribution >= 4 is 11.8 Å². The van der Waals surface area contributed by atoms with E-state index in [1.165, 1.54) is 17.8 Å². The average Bonchev–Trinajstić information content (AvgIpc) is 2.38. The smallest absolute Gasteiger partial charge is 0.136 e. The van der Waals surface area contributed by atoms with E-state index in [-0.39, 0.29) is 5.82 Å². The third kappa shape index (κ3) is 2.86. The van der Waals surface area contributed by atoms with Gasteiger partial charge in [-0.2, -0.15) is 5.26 Å². The Morgan fingerprint density at radius 1 is 1.06 bits per heavy atom. The molecule has 0 amide bonds. The zero-order valence-corrected chi connectivity index (χ0v) is 9.88. The van der Waals surface area contributed by atoms with E-state index >= 15 is 0 Å². The maximum absolute atomic E-state index is 13.4. The van der Waals surface area contributed by atoms with Crippen LogP contribution in [0.1, 0.15) is 11.1 Å². The van der Waals surface area contributed by atoms with Gasteiger partial charge in [0.15, 0.2) is 0 Å². The fourth-order valence-corrected chi connectivity index (χ4v) is 2.42. The molecule has 0 saturated heterocycles. The Labute approximate surface area is 104 Å². The number of thioether (sulfide) groups is 1. The molecule has 1 nitrogen and oxygen atoms in total. The molecule has 0 aliphatic carbocycles. The Morgan fingerprint density at radius 3 is 2.53 bits per heavy atom. The molecule has 0 atom stereocenters. The van der Waals surface area contributed by atoms with Crippen LogP contribution in [-0.2, 0) is 5.75 Å². The molecule has 0 saturated carbocycles. The molecule has 17 heavy (non-hydrogen) atoms. The van der Waals surface area contributed by atoms with Gasteiger partial charge in [0, 0.05) is 10.6 Å². The minimum absolute atomic E-state index is 0.216. The largest absolute Gasteiger partial charge is 0.206 e. The van der Waals surface area contributed by atoms with Crippen LogP contribution < -0.4 is 0 Å². The Hall–Kier alpha value is -1.79. The van der Waals surface area contributed by atoms with Crippen molar-refractivity contribution < 1.29 is 4.39 Å². The standard InChI is InChI=1S/C14H10FNS/c15-13-7-3-4-8-14(13)17-10-12-6-2-1-5-11(12)9-16/h1-8H,10H2. The van der Waals surface area contributed by atoms with Crippen molar-refractivity contribution in [3.63, 3.8) is 0 Å². The molecule has 0 radical (unpaired) electrons. The highest BCUT2D eigenvalue weighted by Gasteiger charge is 2.04. The highest BCUT2D eigenvalue weighted by atomic mass is 32.2. The van der Waals surface area contributed by atoms with Crippen molar-refractivity contribution in [1.29, 1.82) is 5.26 Å². The Balaban J connectivity index is 2.13. The molecule has 0 fully saturated rings. The SMILES string of the molecule is N#Cc1ccccc1CSc1ccccc1F. The van der Waals surface area contributed by atoms with Crippen LogP contribution in [0.2, 0.25) is 0 Å². The molecule has 3 heteroatoms. The predicted molar refractivity (Wildman–Crippen MR) is 67.1 cm³/mol. The van der Waals surface area contributed by atoms with E-state index < -0.39 is 0 Å². The number of hydrogen-bond donors (Lipinski definition) is 0. The third-order valence-electron chi connectivity index (χ3n) is 2.36. The zero-order valence-electron chi connectivity index (χ0n) is 9.06. The molecule has 0 heterocycles. The summed E-state index contributed by atoms with van der Waals surface area (Å²) in [5, 5.41) is 8.94.